The third-order valence-corrected chi connectivity index (χ3v) is 4.71. The Morgan fingerprint density at radius 3 is 2.65 bits per heavy atom. The van der Waals surface area contributed by atoms with E-state index in [1.54, 1.807) is 0 Å². The van der Waals surface area contributed by atoms with Crippen LogP contribution in [0.5, 0.6) is 0 Å². The first-order chi connectivity index (χ1) is 9.67. The molecule has 1 rings (SSSR count). The summed E-state index contributed by atoms with van der Waals surface area (Å²) in [6.45, 7) is 15.6. The van der Waals surface area contributed by atoms with Gasteiger partial charge in [0.1, 0.15) is 0 Å². The van der Waals surface area contributed by atoms with Crippen LogP contribution in [0.1, 0.15) is 59.8 Å². The molecule has 3 heteroatoms. The van der Waals surface area contributed by atoms with E-state index in [2.05, 4.69) is 37.9 Å². The molecule has 0 bridgehead atoms. The summed E-state index contributed by atoms with van der Waals surface area (Å²) in [7, 11) is 0. The lowest BCUT2D eigenvalue weighted by molar-refractivity contribution is -0.0321. The average molecular weight is 284 g/mol. The molecular formula is C17H36N2O. The van der Waals surface area contributed by atoms with Crippen LogP contribution in [0.15, 0.2) is 0 Å². The van der Waals surface area contributed by atoms with Gasteiger partial charge in [0.25, 0.3) is 0 Å². The lowest BCUT2D eigenvalue weighted by atomic mass is 9.81. The van der Waals surface area contributed by atoms with E-state index in [1.165, 1.54) is 45.2 Å². The van der Waals surface area contributed by atoms with Crippen LogP contribution in [0.25, 0.3) is 0 Å². The van der Waals surface area contributed by atoms with Crippen molar-refractivity contribution in [3.63, 3.8) is 0 Å². The van der Waals surface area contributed by atoms with Gasteiger partial charge in [0.15, 0.2) is 0 Å². The smallest absolute Gasteiger partial charge is 0.0546 e. The van der Waals surface area contributed by atoms with Gasteiger partial charge in [0.05, 0.1) is 6.61 Å². The van der Waals surface area contributed by atoms with Gasteiger partial charge in [-0.05, 0) is 45.7 Å². The minimum Gasteiger partial charge on any atom is -0.381 e. The monoisotopic (exact) mass is 284 g/mol. The van der Waals surface area contributed by atoms with Gasteiger partial charge in [-0.25, -0.2) is 0 Å². The van der Waals surface area contributed by atoms with Crippen LogP contribution in [0.2, 0.25) is 0 Å². The van der Waals surface area contributed by atoms with Crippen molar-refractivity contribution < 1.29 is 4.74 Å². The van der Waals surface area contributed by atoms with Crippen molar-refractivity contribution >= 4 is 0 Å². The number of hydrogen-bond donors (Lipinski definition) is 1. The maximum atomic E-state index is 5.83. The molecule has 0 spiro atoms. The van der Waals surface area contributed by atoms with Crippen molar-refractivity contribution in [2.45, 2.75) is 65.8 Å². The Kier molecular flexibility index (Phi) is 8.74. The Balaban J connectivity index is 2.66. The third kappa shape index (κ3) is 5.71. The highest BCUT2D eigenvalue weighted by Crippen LogP contribution is 2.30. The van der Waals surface area contributed by atoms with E-state index in [9.17, 15) is 0 Å². The number of nitrogens with one attached hydrogen (secondary N) is 1. The molecule has 0 aromatic heterocycles. The Hall–Kier alpha value is -0.120. The van der Waals surface area contributed by atoms with Gasteiger partial charge < -0.3 is 10.1 Å². The van der Waals surface area contributed by atoms with Crippen molar-refractivity contribution in [1.29, 1.82) is 0 Å². The molecule has 1 heterocycles. The molecule has 20 heavy (non-hydrogen) atoms. The highest BCUT2D eigenvalue weighted by Gasteiger charge is 2.35. The van der Waals surface area contributed by atoms with Gasteiger partial charge in [0, 0.05) is 31.2 Å². The summed E-state index contributed by atoms with van der Waals surface area (Å²) in [4.78, 5) is 2.70. The molecule has 1 N–H and O–H groups in total. The largest absolute Gasteiger partial charge is 0.381 e. The second kappa shape index (κ2) is 9.75. The number of nitrogens with zero attached hydrogens (tertiary/aromatic N) is 1. The molecule has 1 saturated heterocycles. The highest BCUT2D eigenvalue weighted by molar-refractivity contribution is 4.88. The van der Waals surface area contributed by atoms with Gasteiger partial charge in [-0.3, -0.25) is 4.90 Å². The van der Waals surface area contributed by atoms with E-state index in [0.29, 0.717) is 11.5 Å². The summed E-state index contributed by atoms with van der Waals surface area (Å²) in [6, 6.07) is 0.682. The number of hydrogen-bond acceptors (Lipinski definition) is 3. The molecule has 1 aliphatic heterocycles. The van der Waals surface area contributed by atoms with Crippen LogP contribution in [-0.2, 0) is 4.74 Å². The Morgan fingerprint density at radius 1 is 1.30 bits per heavy atom. The first-order valence-corrected chi connectivity index (χ1v) is 8.70. The molecule has 2 atom stereocenters. The highest BCUT2D eigenvalue weighted by atomic mass is 16.5. The van der Waals surface area contributed by atoms with Crippen molar-refractivity contribution in [1.82, 2.24) is 10.2 Å². The fourth-order valence-electron chi connectivity index (χ4n) is 3.13. The molecule has 1 aliphatic rings. The number of unbranched alkanes of at least 4 members (excludes halogenated alkanes) is 1. The molecule has 3 nitrogen and oxygen atoms in total. The fraction of sp³-hybridized carbons (Fsp3) is 1.00. The zero-order valence-electron chi connectivity index (χ0n) is 14.2. The predicted molar refractivity (Wildman–Crippen MR) is 87.3 cm³/mol. The van der Waals surface area contributed by atoms with E-state index < -0.39 is 0 Å². The molecule has 0 amide bonds. The lowest BCUT2D eigenvalue weighted by Crippen LogP contribution is -2.51. The molecule has 0 aromatic carbocycles. The first-order valence-electron chi connectivity index (χ1n) is 8.70. The topological polar surface area (TPSA) is 24.5 Å². The number of ether oxygens (including phenoxy) is 1. The number of rotatable bonds is 10. The molecular weight excluding hydrogens is 248 g/mol. The van der Waals surface area contributed by atoms with Gasteiger partial charge >= 0.3 is 0 Å². The van der Waals surface area contributed by atoms with Gasteiger partial charge in [-0.15, -0.1) is 0 Å². The SMILES string of the molecule is CCCCN(CC1(CNCC)CCCOC1)C(C)CC. The minimum atomic E-state index is 0.325. The summed E-state index contributed by atoms with van der Waals surface area (Å²) in [5.74, 6) is 0. The van der Waals surface area contributed by atoms with Crippen LogP contribution in [0, 0.1) is 5.41 Å². The van der Waals surface area contributed by atoms with E-state index in [1.807, 2.05) is 0 Å². The van der Waals surface area contributed by atoms with Crippen molar-refractivity contribution in [3.05, 3.63) is 0 Å². The fourth-order valence-corrected chi connectivity index (χ4v) is 3.13. The Morgan fingerprint density at radius 2 is 2.10 bits per heavy atom. The summed E-state index contributed by atoms with van der Waals surface area (Å²) >= 11 is 0. The van der Waals surface area contributed by atoms with E-state index in [-0.39, 0.29) is 0 Å². The summed E-state index contributed by atoms with van der Waals surface area (Å²) < 4.78 is 5.83. The van der Waals surface area contributed by atoms with E-state index in [4.69, 9.17) is 4.74 Å². The summed E-state index contributed by atoms with van der Waals surface area (Å²) in [6.07, 6.45) is 6.35. The van der Waals surface area contributed by atoms with Crippen LogP contribution in [-0.4, -0.2) is 50.3 Å². The second-order valence-electron chi connectivity index (χ2n) is 6.52. The molecule has 2 unspecified atom stereocenters. The zero-order valence-corrected chi connectivity index (χ0v) is 14.2. The van der Waals surface area contributed by atoms with Crippen molar-refractivity contribution in [2.24, 2.45) is 5.41 Å². The molecule has 1 fully saturated rings. The molecule has 0 saturated carbocycles. The lowest BCUT2D eigenvalue weighted by Gasteiger charge is -2.43. The van der Waals surface area contributed by atoms with Gasteiger partial charge in [0.2, 0.25) is 0 Å². The molecule has 120 valence electrons. The van der Waals surface area contributed by atoms with Crippen LogP contribution < -0.4 is 5.32 Å². The maximum absolute atomic E-state index is 5.83. The average Bonchev–Trinajstić information content (AvgIpc) is 2.49. The first kappa shape index (κ1) is 17.9. The van der Waals surface area contributed by atoms with Crippen LogP contribution >= 0.6 is 0 Å². The standard InChI is InChI=1S/C17H36N2O/c1-5-8-11-19(16(4)6-2)14-17(13-18-7-3)10-9-12-20-15-17/h16,18H,5-15H2,1-4H3. The van der Waals surface area contributed by atoms with Crippen molar-refractivity contribution in [2.75, 3.05) is 39.4 Å². The normalized spacial score (nSPS) is 25.1. The molecule has 0 aliphatic carbocycles. The summed E-state index contributed by atoms with van der Waals surface area (Å²) in [5, 5.41) is 3.57. The molecule has 0 radical (unpaired) electrons. The van der Waals surface area contributed by atoms with Gasteiger partial charge in [-0.2, -0.15) is 0 Å². The van der Waals surface area contributed by atoms with E-state index in [0.717, 1.165) is 26.3 Å². The van der Waals surface area contributed by atoms with Crippen LogP contribution in [0.4, 0.5) is 0 Å². The quantitative estimate of drug-likeness (QED) is 0.666. The second-order valence-corrected chi connectivity index (χ2v) is 6.52. The maximum Gasteiger partial charge on any atom is 0.0546 e. The molecule has 0 aromatic rings. The van der Waals surface area contributed by atoms with Gasteiger partial charge in [-0.1, -0.05) is 27.2 Å². The zero-order chi connectivity index (χ0) is 14.8. The Bertz CT molecular complexity index is 239. The van der Waals surface area contributed by atoms with Crippen LogP contribution in [0.3, 0.4) is 0 Å². The third-order valence-electron chi connectivity index (χ3n) is 4.71. The minimum absolute atomic E-state index is 0.325. The van der Waals surface area contributed by atoms with Crippen molar-refractivity contribution in [3.8, 4) is 0 Å². The predicted octanol–water partition coefficient (Wildman–Crippen LogP) is 3.29. The Labute approximate surface area is 126 Å². The van der Waals surface area contributed by atoms with E-state index >= 15 is 0 Å². The summed E-state index contributed by atoms with van der Waals surface area (Å²) in [5.41, 5.74) is 0.325.